The topological polar surface area (TPSA) is 34.2 Å². The first-order valence-electron chi connectivity index (χ1n) is 7.42. The highest BCUT2D eigenvalue weighted by Gasteiger charge is 2.33. The van der Waals surface area contributed by atoms with Crippen molar-refractivity contribution < 1.29 is 0 Å². The Morgan fingerprint density at radius 3 is 2.95 bits per heavy atom. The van der Waals surface area contributed by atoms with Gasteiger partial charge in [0, 0.05) is 17.6 Å². The van der Waals surface area contributed by atoms with Gasteiger partial charge >= 0.3 is 0 Å². The minimum Gasteiger partial charge on any atom is -0.339 e. The van der Waals surface area contributed by atoms with Crippen LogP contribution in [0, 0.1) is 0 Å². The van der Waals surface area contributed by atoms with E-state index in [9.17, 15) is 0 Å². The largest absolute Gasteiger partial charge is 0.339 e. The van der Waals surface area contributed by atoms with Crippen molar-refractivity contribution >= 4 is 10.9 Å². The molecule has 4 rings (SSSR count). The zero-order valence-corrected chi connectivity index (χ0v) is 11.3. The first-order chi connectivity index (χ1) is 9.33. The normalized spacial score (nSPS) is 27.8. The molecule has 0 radical (unpaired) electrons. The quantitative estimate of drug-likeness (QED) is 0.795. The van der Waals surface area contributed by atoms with Crippen molar-refractivity contribution in [2.45, 2.75) is 37.6 Å². The number of benzene rings is 1. The van der Waals surface area contributed by atoms with Gasteiger partial charge in [0.05, 0.1) is 5.52 Å². The van der Waals surface area contributed by atoms with Gasteiger partial charge in [-0.3, -0.25) is 4.68 Å². The summed E-state index contributed by atoms with van der Waals surface area (Å²) in [5.74, 6) is 6.79. The summed E-state index contributed by atoms with van der Waals surface area (Å²) in [4.78, 5) is 2.68. The third-order valence-electron chi connectivity index (χ3n) is 5.03. The molecule has 0 spiro atoms. The molecule has 3 heteroatoms. The van der Waals surface area contributed by atoms with Crippen LogP contribution in [-0.2, 0) is 0 Å². The van der Waals surface area contributed by atoms with Crippen LogP contribution in [0.5, 0.6) is 0 Å². The molecule has 19 heavy (non-hydrogen) atoms. The summed E-state index contributed by atoms with van der Waals surface area (Å²) in [5, 5.41) is 1.35. The summed E-state index contributed by atoms with van der Waals surface area (Å²) in [6.07, 6.45) is 7.52. The molecule has 2 saturated heterocycles. The van der Waals surface area contributed by atoms with Gasteiger partial charge in [-0.15, -0.1) is 0 Å². The van der Waals surface area contributed by atoms with E-state index in [-0.39, 0.29) is 0 Å². The van der Waals surface area contributed by atoms with Crippen molar-refractivity contribution in [3.63, 3.8) is 0 Å². The Hall–Kier alpha value is -1.48. The van der Waals surface area contributed by atoms with Gasteiger partial charge < -0.3 is 10.7 Å². The Labute approximate surface area is 114 Å². The fourth-order valence-electron chi connectivity index (χ4n) is 4.06. The Kier molecular flexibility index (Phi) is 2.55. The van der Waals surface area contributed by atoms with Crippen LogP contribution in [0.2, 0.25) is 0 Å². The fourth-order valence-corrected chi connectivity index (χ4v) is 4.06. The summed E-state index contributed by atoms with van der Waals surface area (Å²) in [6, 6.07) is 9.34. The van der Waals surface area contributed by atoms with Crippen LogP contribution in [0.1, 0.15) is 37.2 Å². The molecule has 3 heterocycles. The molecule has 100 valence electrons. The average molecular weight is 255 g/mol. The molecule has 2 N–H and O–H groups in total. The van der Waals surface area contributed by atoms with Crippen LogP contribution < -0.4 is 5.84 Å². The number of hydrogen-bond donors (Lipinski definition) is 1. The lowest BCUT2D eigenvalue weighted by Gasteiger charge is -2.34. The first-order valence-corrected chi connectivity index (χ1v) is 7.42. The van der Waals surface area contributed by atoms with Crippen molar-refractivity contribution in [1.29, 1.82) is 0 Å². The zero-order chi connectivity index (χ0) is 12.8. The van der Waals surface area contributed by atoms with Crippen LogP contribution in [0.15, 0.2) is 30.5 Å². The maximum atomic E-state index is 6.10. The highest BCUT2D eigenvalue weighted by molar-refractivity contribution is 5.84. The van der Waals surface area contributed by atoms with Gasteiger partial charge in [0.1, 0.15) is 0 Å². The van der Waals surface area contributed by atoms with Crippen molar-refractivity contribution in [2.75, 3.05) is 18.9 Å². The monoisotopic (exact) mass is 255 g/mol. The number of piperidine rings is 1. The van der Waals surface area contributed by atoms with Crippen LogP contribution in [0.4, 0.5) is 0 Å². The molecule has 0 bridgehead atoms. The molecule has 1 aromatic carbocycles. The number of fused-ring (bicyclic) bond motifs is 2. The highest BCUT2D eigenvalue weighted by Crippen LogP contribution is 2.38. The Morgan fingerprint density at radius 2 is 2.00 bits per heavy atom. The minimum absolute atomic E-state index is 0.689. The van der Waals surface area contributed by atoms with E-state index in [1.165, 1.54) is 49.7 Å². The van der Waals surface area contributed by atoms with Gasteiger partial charge in [-0.2, -0.15) is 0 Å². The van der Waals surface area contributed by atoms with Gasteiger partial charge in [0.15, 0.2) is 0 Å². The number of aromatic nitrogens is 1. The van der Waals surface area contributed by atoms with Gasteiger partial charge in [-0.05, 0) is 56.3 Å². The summed E-state index contributed by atoms with van der Waals surface area (Å²) in [7, 11) is 0. The summed E-state index contributed by atoms with van der Waals surface area (Å²) in [5.41, 5.74) is 2.62. The smallest absolute Gasteiger partial charge is 0.0693 e. The van der Waals surface area contributed by atoms with E-state index in [0.717, 1.165) is 11.6 Å². The van der Waals surface area contributed by atoms with E-state index in [1.807, 2.05) is 0 Å². The van der Waals surface area contributed by atoms with Crippen molar-refractivity contribution in [3.8, 4) is 0 Å². The molecule has 3 nitrogen and oxygen atoms in total. The molecule has 0 aliphatic carbocycles. The van der Waals surface area contributed by atoms with Crippen LogP contribution in [0.25, 0.3) is 10.9 Å². The van der Waals surface area contributed by atoms with Gasteiger partial charge in [-0.1, -0.05) is 18.2 Å². The molecular formula is C16H21N3. The van der Waals surface area contributed by atoms with E-state index in [1.54, 1.807) is 4.68 Å². The van der Waals surface area contributed by atoms with Crippen LogP contribution >= 0.6 is 0 Å². The number of rotatable bonds is 1. The van der Waals surface area contributed by atoms with E-state index in [2.05, 4.69) is 35.4 Å². The van der Waals surface area contributed by atoms with E-state index >= 15 is 0 Å². The van der Waals surface area contributed by atoms with Gasteiger partial charge in [0.2, 0.25) is 0 Å². The van der Waals surface area contributed by atoms with Gasteiger partial charge in [0.25, 0.3) is 0 Å². The Morgan fingerprint density at radius 1 is 1.11 bits per heavy atom. The second-order valence-electron chi connectivity index (χ2n) is 6.06. The second kappa shape index (κ2) is 4.27. The van der Waals surface area contributed by atoms with E-state index in [0.29, 0.717) is 5.92 Å². The average Bonchev–Trinajstić information content (AvgIpc) is 3.03. The fraction of sp³-hybridized carbons (Fsp3) is 0.500. The number of para-hydroxylation sites is 1. The van der Waals surface area contributed by atoms with Crippen molar-refractivity contribution in [2.24, 2.45) is 0 Å². The maximum Gasteiger partial charge on any atom is 0.0693 e. The number of nitrogen functional groups attached to an aromatic ring is 1. The van der Waals surface area contributed by atoms with Crippen LogP contribution in [-0.4, -0.2) is 28.7 Å². The minimum atomic E-state index is 0.689. The maximum absolute atomic E-state index is 6.10. The lowest BCUT2D eigenvalue weighted by atomic mass is 9.85. The number of hydrogen-bond acceptors (Lipinski definition) is 2. The predicted octanol–water partition coefficient (Wildman–Crippen LogP) is 2.70. The molecular weight excluding hydrogens is 234 g/mol. The summed E-state index contributed by atoms with van der Waals surface area (Å²) in [6.45, 7) is 2.58. The van der Waals surface area contributed by atoms with E-state index in [4.69, 9.17) is 5.84 Å². The molecule has 2 unspecified atom stereocenters. The third kappa shape index (κ3) is 1.76. The molecule has 2 fully saturated rings. The molecule has 0 amide bonds. The lowest BCUT2D eigenvalue weighted by Crippen LogP contribution is -2.37. The summed E-state index contributed by atoms with van der Waals surface area (Å²) < 4.78 is 1.80. The molecule has 2 aliphatic rings. The van der Waals surface area contributed by atoms with Crippen LogP contribution in [0.3, 0.4) is 0 Å². The third-order valence-corrected chi connectivity index (χ3v) is 5.03. The van der Waals surface area contributed by atoms with Crippen molar-refractivity contribution in [3.05, 3.63) is 36.0 Å². The first kappa shape index (κ1) is 11.4. The predicted molar refractivity (Wildman–Crippen MR) is 78.7 cm³/mol. The molecule has 2 aliphatic heterocycles. The standard InChI is InChI=1S/C16H21N3/c17-19-11-15(14-5-1-2-6-16(14)19)12-7-9-18-8-3-4-13(18)10-12/h1-2,5-6,11-13H,3-4,7-10,17H2. The van der Waals surface area contributed by atoms with Crippen molar-refractivity contribution in [1.82, 2.24) is 9.58 Å². The van der Waals surface area contributed by atoms with E-state index < -0.39 is 0 Å². The molecule has 2 aromatic rings. The SMILES string of the molecule is Nn1cc(C2CCN3CCCC3C2)c2ccccc21. The summed E-state index contributed by atoms with van der Waals surface area (Å²) >= 11 is 0. The number of nitrogens with zero attached hydrogens (tertiary/aromatic N) is 2. The lowest BCUT2D eigenvalue weighted by molar-refractivity contribution is 0.181. The molecule has 1 aromatic heterocycles. The second-order valence-corrected chi connectivity index (χ2v) is 6.06. The highest BCUT2D eigenvalue weighted by atomic mass is 15.3. The molecule has 0 saturated carbocycles. The Balaban J connectivity index is 1.71. The number of nitrogens with two attached hydrogens (primary N) is 1. The Bertz CT molecular complexity index is 601. The van der Waals surface area contributed by atoms with Gasteiger partial charge in [-0.25, -0.2) is 0 Å². The zero-order valence-electron chi connectivity index (χ0n) is 11.3. The molecule has 2 atom stereocenters.